The van der Waals surface area contributed by atoms with E-state index in [1.54, 1.807) is 0 Å². The normalized spacial score (nSPS) is 14.8. The lowest BCUT2D eigenvalue weighted by Gasteiger charge is -2.21. The van der Waals surface area contributed by atoms with E-state index in [1.165, 1.54) is 19.3 Å². The van der Waals surface area contributed by atoms with Crippen molar-refractivity contribution in [2.75, 3.05) is 39.6 Å². The second kappa shape index (κ2) is 79.3. The molecule has 612 valence electrons. The van der Waals surface area contributed by atoms with Crippen molar-refractivity contribution in [2.24, 2.45) is 0 Å². The lowest BCUT2D eigenvalue weighted by atomic mass is 10.1. The van der Waals surface area contributed by atoms with Crippen LogP contribution in [0.5, 0.6) is 0 Å². The van der Waals surface area contributed by atoms with Crippen molar-refractivity contribution in [1.82, 2.24) is 0 Å². The van der Waals surface area contributed by atoms with E-state index in [2.05, 4.69) is 210 Å². The van der Waals surface area contributed by atoms with Gasteiger partial charge in [0, 0.05) is 25.7 Å². The van der Waals surface area contributed by atoms with Gasteiger partial charge in [0.15, 0.2) is 12.2 Å². The fourth-order valence-corrected chi connectivity index (χ4v) is 11.8. The number of hydrogen-bond donors (Lipinski definition) is 3. The van der Waals surface area contributed by atoms with Gasteiger partial charge in [-0.2, -0.15) is 0 Å². The number of carbonyl (C=O) groups excluding carboxylic acids is 4. The molecule has 0 aromatic carbocycles. The van der Waals surface area contributed by atoms with Crippen LogP contribution in [0.1, 0.15) is 297 Å². The average molecular weight is 1550 g/mol. The zero-order valence-corrected chi connectivity index (χ0v) is 68.7. The Morgan fingerprint density at radius 3 is 0.769 bits per heavy atom. The molecule has 19 heteroatoms. The van der Waals surface area contributed by atoms with Crippen molar-refractivity contribution in [3.8, 4) is 0 Å². The van der Waals surface area contributed by atoms with Crippen molar-refractivity contribution in [2.45, 2.75) is 316 Å². The summed E-state index contributed by atoms with van der Waals surface area (Å²) >= 11 is 0. The molecule has 5 unspecified atom stereocenters. The molecule has 0 saturated heterocycles. The van der Waals surface area contributed by atoms with E-state index in [4.69, 9.17) is 37.0 Å². The molecule has 0 aliphatic carbocycles. The van der Waals surface area contributed by atoms with Gasteiger partial charge in [-0.05, 0) is 180 Å². The predicted octanol–water partition coefficient (Wildman–Crippen LogP) is 24.3. The highest BCUT2D eigenvalue weighted by molar-refractivity contribution is 7.47. The van der Waals surface area contributed by atoms with Crippen LogP contribution in [0.2, 0.25) is 0 Å². The topological polar surface area (TPSA) is 237 Å². The molecule has 3 N–H and O–H groups in total. The van der Waals surface area contributed by atoms with Crippen molar-refractivity contribution < 1.29 is 80.2 Å². The van der Waals surface area contributed by atoms with E-state index < -0.39 is 97.5 Å². The van der Waals surface area contributed by atoms with Crippen LogP contribution in [0.15, 0.2) is 182 Å². The van der Waals surface area contributed by atoms with Crippen molar-refractivity contribution >= 4 is 39.5 Å². The summed E-state index contributed by atoms with van der Waals surface area (Å²) in [4.78, 5) is 73.1. The Labute approximate surface area is 654 Å². The second-order valence-electron chi connectivity index (χ2n) is 26.6. The minimum absolute atomic E-state index is 0.0626. The molecule has 17 nitrogen and oxygen atoms in total. The molecule has 0 bridgehead atoms. The SMILES string of the molecule is CC/C=C\C/C=C\C/C=C\C/C=C\C/C=C\CCCCCC(=O)OCC(COP(=O)(O)OCC(O)COP(=O)(O)OCC(COC(=O)CCCC/C=C\C/C=C\C/C=C\C/C=C\CC)OC(=O)CCCCCCC/C=C\C/C=C\CCCCC)OC(=O)CCCCCCCC/C=C\C/C=C\C/C=C\C/C=C\CC. The van der Waals surface area contributed by atoms with Crippen molar-refractivity contribution in [1.29, 1.82) is 0 Å². The van der Waals surface area contributed by atoms with Crippen LogP contribution in [-0.4, -0.2) is 96.7 Å². The minimum Gasteiger partial charge on any atom is -0.462 e. The summed E-state index contributed by atoms with van der Waals surface area (Å²) in [5.74, 6) is -2.30. The highest BCUT2D eigenvalue weighted by Crippen LogP contribution is 2.45. The van der Waals surface area contributed by atoms with Crippen LogP contribution in [0.4, 0.5) is 0 Å². The Kier molecular flexibility index (Phi) is 75.0. The standard InChI is InChI=1S/C89H144O17P2/c1-5-9-13-17-21-25-29-33-37-39-41-43-47-50-54-58-62-66-70-74-87(92)100-80-85(106-89(94)76-72-68-64-60-56-52-48-44-42-40-38-34-30-26-22-18-14-10-6-2)82-104-108(97,98)102-78-83(90)77-101-107(95,96)103-81-84(105-88(93)75-71-67-63-59-55-51-46-36-32-28-24-20-16-12-8-4)79-99-86(91)73-69-65-61-57-53-49-45-35-31-27-23-19-15-11-7-3/h9-11,13-15,21-28,33-38,41-46,50,53-54,57,83-85,90H,5-8,12,16-20,29-32,39-40,47-49,51-52,55-56,58-82H2,1-4H3,(H,95,96)(H,97,98)/b13-9-,14-10-,15-11-,25-21-,26-22-,27-23-,28-24-,37-33-,38-34-,43-41-,44-42-,45-35-,46-36-,54-50-,57-53-. The number of hydrogen-bond acceptors (Lipinski definition) is 15. The third-order valence-corrected chi connectivity index (χ3v) is 18.2. The second-order valence-corrected chi connectivity index (χ2v) is 29.5. The van der Waals surface area contributed by atoms with Crippen molar-refractivity contribution in [3.63, 3.8) is 0 Å². The number of aliphatic hydroxyl groups is 1. The molecule has 0 aromatic rings. The molecular weight excluding hydrogens is 1400 g/mol. The molecule has 0 saturated carbocycles. The Balaban J connectivity index is 5.49. The molecule has 0 aliphatic rings. The third-order valence-electron chi connectivity index (χ3n) is 16.3. The van der Waals surface area contributed by atoms with Crippen LogP contribution in [0, 0.1) is 0 Å². The van der Waals surface area contributed by atoms with Crippen LogP contribution < -0.4 is 0 Å². The Morgan fingerprint density at radius 2 is 0.481 bits per heavy atom. The number of rotatable bonds is 75. The smallest absolute Gasteiger partial charge is 0.462 e. The Bertz CT molecular complexity index is 2760. The molecule has 5 atom stereocenters. The predicted molar refractivity (Wildman–Crippen MR) is 445 cm³/mol. The lowest BCUT2D eigenvalue weighted by molar-refractivity contribution is -0.161. The maximum absolute atomic E-state index is 13.1. The van der Waals surface area contributed by atoms with Gasteiger partial charge in [0.1, 0.15) is 19.3 Å². The molecule has 0 spiro atoms. The fourth-order valence-electron chi connectivity index (χ4n) is 10.2. The number of allylic oxidation sites excluding steroid dienone is 30. The Morgan fingerprint density at radius 1 is 0.269 bits per heavy atom. The van der Waals surface area contributed by atoms with Gasteiger partial charge in [-0.1, -0.05) is 274 Å². The van der Waals surface area contributed by atoms with Gasteiger partial charge >= 0.3 is 39.5 Å². The molecule has 0 amide bonds. The van der Waals surface area contributed by atoms with Crippen LogP contribution in [0.25, 0.3) is 0 Å². The van der Waals surface area contributed by atoms with Gasteiger partial charge in [0.2, 0.25) is 0 Å². The van der Waals surface area contributed by atoms with E-state index >= 15 is 0 Å². The number of phosphoric ester groups is 2. The Hall–Kier alpha value is -5.84. The third kappa shape index (κ3) is 78.3. The first-order chi connectivity index (χ1) is 52.7. The van der Waals surface area contributed by atoms with E-state index in [1.807, 2.05) is 0 Å². The van der Waals surface area contributed by atoms with Gasteiger partial charge in [0.25, 0.3) is 0 Å². The van der Waals surface area contributed by atoms with E-state index in [0.717, 1.165) is 199 Å². The summed E-state index contributed by atoms with van der Waals surface area (Å²) in [7, 11) is -10.0. The summed E-state index contributed by atoms with van der Waals surface area (Å²) in [6.45, 7) is 4.38. The maximum atomic E-state index is 13.1. The molecule has 0 radical (unpaired) electrons. The fraction of sp³-hybridized carbons (Fsp3) is 0.618. The van der Waals surface area contributed by atoms with E-state index in [-0.39, 0.29) is 25.7 Å². The largest absolute Gasteiger partial charge is 0.472 e. The molecule has 0 heterocycles. The van der Waals surface area contributed by atoms with Crippen LogP contribution >= 0.6 is 15.6 Å². The number of unbranched alkanes of at least 4 members (excludes halogenated alkanes) is 19. The zero-order chi connectivity index (χ0) is 78.9. The van der Waals surface area contributed by atoms with Gasteiger partial charge in [-0.15, -0.1) is 0 Å². The molecular formula is C89H144O17P2. The zero-order valence-electron chi connectivity index (χ0n) is 66.9. The van der Waals surface area contributed by atoms with Gasteiger partial charge in [-0.3, -0.25) is 37.3 Å². The first-order valence-corrected chi connectivity index (χ1v) is 44.0. The molecule has 0 aliphatic heterocycles. The highest BCUT2D eigenvalue weighted by atomic mass is 31.2. The number of carbonyl (C=O) groups is 4. The number of ether oxygens (including phenoxy) is 4. The summed E-state index contributed by atoms with van der Waals surface area (Å²) in [6, 6.07) is 0. The van der Waals surface area contributed by atoms with E-state index in [9.17, 15) is 43.2 Å². The minimum atomic E-state index is -5.01. The lowest BCUT2D eigenvalue weighted by Crippen LogP contribution is -2.30. The number of esters is 4. The summed E-state index contributed by atoms with van der Waals surface area (Å²) < 4.78 is 68.6. The van der Waals surface area contributed by atoms with Gasteiger partial charge in [-0.25, -0.2) is 9.13 Å². The van der Waals surface area contributed by atoms with Gasteiger partial charge < -0.3 is 33.8 Å². The average Bonchev–Trinajstić information content (AvgIpc) is 0.896. The summed E-state index contributed by atoms with van der Waals surface area (Å²) in [5, 5.41) is 10.7. The van der Waals surface area contributed by atoms with Gasteiger partial charge in [0.05, 0.1) is 26.4 Å². The molecule has 0 aromatic heterocycles. The maximum Gasteiger partial charge on any atom is 0.472 e. The molecule has 0 fully saturated rings. The number of aliphatic hydroxyl groups excluding tert-OH is 1. The monoisotopic (exact) mass is 1550 g/mol. The number of phosphoric acid groups is 2. The first kappa shape index (κ1) is 102. The summed E-state index contributed by atoms with van der Waals surface area (Å²) in [5.41, 5.74) is 0. The highest BCUT2D eigenvalue weighted by Gasteiger charge is 2.30. The first-order valence-electron chi connectivity index (χ1n) is 41.0. The van der Waals surface area contributed by atoms with Crippen LogP contribution in [0.3, 0.4) is 0 Å². The van der Waals surface area contributed by atoms with Crippen LogP contribution in [-0.2, 0) is 65.4 Å². The summed E-state index contributed by atoms with van der Waals surface area (Å²) in [6.07, 6.45) is 95.8. The quantitative estimate of drug-likeness (QED) is 0.0169. The van der Waals surface area contributed by atoms with E-state index in [0.29, 0.717) is 25.7 Å². The molecule has 108 heavy (non-hydrogen) atoms. The van der Waals surface area contributed by atoms with Crippen molar-refractivity contribution in [3.05, 3.63) is 182 Å². The molecule has 0 rings (SSSR count).